The molecule has 1 aromatic carbocycles. The third kappa shape index (κ3) is 3.20. The molecular weight excluding hydrogens is 410 g/mol. The van der Waals surface area contributed by atoms with E-state index in [1.165, 1.54) is 0 Å². The molecule has 3 aliphatic rings. The molecule has 2 aliphatic heterocycles. The van der Waals surface area contributed by atoms with E-state index in [1.807, 2.05) is 39.0 Å². The van der Waals surface area contributed by atoms with E-state index in [0.717, 1.165) is 35.0 Å². The zero-order chi connectivity index (χ0) is 19.4. The number of nitrogens with two attached hydrogens (primary N) is 1. The van der Waals surface area contributed by atoms with Crippen molar-refractivity contribution in [1.82, 2.24) is 5.32 Å². The van der Waals surface area contributed by atoms with E-state index in [0.29, 0.717) is 6.61 Å². The fourth-order valence-electron chi connectivity index (χ4n) is 4.40. The van der Waals surface area contributed by atoms with Crippen molar-refractivity contribution in [3.63, 3.8) is 0 Å². The number of hydrogen-bond donors (Lipinski definition) is 2. The van der Waals surface area contributed by atoms with Crippen LogP contribution in [0.3, 0.4) is 0 Å². The summed E-state index contributed by atoms with van der Waals surface area (Å²) in [5.41, 5.74) is 5.97. The van der Waals surface area contributed by atoms with E-state index < -0.39 is 11.0 Å². The van der Waals surface area contributed by atoms with Crippen molar-refractivity contribution in [2.24, 2.45) is 22.1 Å². The van der Waals surface area contributed by atoms with Crippen LogP contribution in [0.4, 0.5) is 0 Å². The van der Waals surface area contributed by atoms with Crippen molar-refractivity contribution in [2.75, 3.05) is 6.61 Å². The van der Waals surface area contributed by atoms with Gasteiger partial charge in [0.1, 0.15) is 24.0 Å². The lowest BCUT2D eigenvalue weighted by molar-refractivity contribution is -0.130. The molecule has 0 radical (unpaired) electrons. The van der Waals surface area contributed by atoms with Gasteiger partial charge in [-0.15, -0.1) is 0 Å². The first-order chi connectivity index (χ1) is 12.7. The predicted molar refractivity (Wildman–Crippen MR) is 107 cm³/mol. The summed E-state index contributed by atoms with van der Waals surface area (Å²) in [7, 11) is 0. The zero-order valence-corrected chi connectivity index (χ0v) is 17.5. The zero-order valence-electron chi connectivity index (χ0n) is 15.9. The summed E-state index contributed by atoms with van der Waals surface area (Å²) in [6, 6.07) is 6.33. The molecule has 6 nitrogen and oxygen atoms in total. The Morgan fingerprint density at radius 1 is 1.37 bits per heavy atom. The Bertz CT molecular complexity index is 804. The van der Waals surface area contributed by atoms with Crippen LogP contribution in [0.25, 0.3) is 0 Å². The number of fused-ring (bicyclic) bond motifs is 4. The summed E-state index contributed by atoms with van der Waals surface area (Å²) in [5, 5.41) is 3.22. The number of halogens is 1. The minimum absolute atomic E-state index is 0.0414. The highest BCUT2D eigenvalue weighted by molar-refractivity contribution is 9.10. The summed E-state index contributed by atoms with van der Waals surface area (Å²) < 4.78 is 12.9. The quantitative estimate of drug-likeness (QED) is 0.709. The van der Waals surface area contributed by atoms with Crippen molar-refractivity contribution in [3.05, 3.63) is 28.2 Å². The van der Waals surface area contributed by atoms with Gasteiger partial charge >= 0.3 is 0 Å². The molecule has 0 aromatic heterocycles. The van der Waals surface area contributed by atoms with Crippen LogP contribution in [0, 0.1) is 11.3 Å². The van der Waals surface area contributed by atoms with E-state index in [2.05, 4.69) is 21.2 Å². The molecule has 7 heteroatoms. The molecule has 0 bridgehead atoms. The summed E-state index contributed by atoms with van der Waals surface area (Å²) >= 11 is 3.56. The van der Waals surface area contributed by atoms with Gasteiger partial charge in [-0.05, 0) is 37.5 Å². The number of nitrogens with one attached hydrogen (secondary N) is 1. The number of carbonyl (C=O) groups excluding carboxylic acids is 1. The molecule has 1 saturated carbocycles. The number of aliphatic imine (C=N–C) groups is 1. The van der Waals surface area contributed by atoms with E-state index in [4.69, 9.17) is 20.2 Å². The third-order valence-electron chi connectivity index (χ3n) is 5.85. The van der Waals surface area contributed by atoms with Crippen molar-refractivity contribution >= 4 is 27.9 Å². The lowest BCUT2D eigenvalue weighted by Gasteiger charge is -2.48. The summed E-state index contributed by atoms with van der Waals surface area (Å²) in [6.45, 7) is 6.21. The highest BCUT2D eigenvalue weighted by atomic mass is 79.9. The van der Waals surface area contributed by atoms with Gasteiger partial charge in [0.2, 0.25) is 5.91 Å². The van der Waals surface area contributed by atoms with Crippen molar-refractivity contribution in [1.29, 1.82) is 0 Å². The number of benzene rings is 1. The minimum atomic E-state index is -0.558. The van der Waals surface area contributed by atoms with Crippen molar-refractivity contribution in [3.8, 4) is 5.75 Å². The maximum atomic E-state index is 12.5. The standard InChI is InChI=1S/C20H26BrN3O3/c1-19(2,3)17(25)23-12-5-7-16-14(9-12)20(10-26-18(22)24-20)13-8-11(21)4-6-15(13)27-16/h4,6,8,12,14,16H,5,7,9-10H2,1-3H3,(H2,22,24)(H,23,25)/t12?,14?,16?,20-/m0/s1. The maximum absolute atomic E-state index is 12.5. The summed E-state index contributed by atoms with van der Waals surface area (Å²) in [6.07, 6.45) is 2.59. The molecule has 1 aromatic rings. The normalized spacial score (nSPS) is 32.0. The Balaban J connectivity index is 1.68. The first-order valence-electron chi connectivity index (χ1n) is 9.45. The number of amidine groups is 1. The highest BCUT2D eigenvalue weighted by Crippen LogP contribution is 2.52. The van der Waals surface area contributed by atoms with E-state index >= 15 is 0 Å². The molecular formula is C20H26BrN3O3. The largest absolute Gasteiger partial charge is 0.490 e. The lowest BCUT2D eigenvalue weighted by atomic mass is 9.67. The van der Waals surface area contributed by atoms with Crippen LogP contribution < -0.4 is 15.8 Å². The van der Waals surface area contributed by atoms with Crippen LogP contribution in [0.15, 0.2) is 27.7 Å². The number of rotatable bonds is 1. The van der Waals surface area contributed by atoms with Crippen LogP contribution in [-0.2, 0) is 15.1 Å². The van der Waals surface area contributed by atoms with Crippen LogP contribution in [0.2, 0.25) is 0 Å². The number of hydrogen-bond acceptors (Lipinski definition) is 5. The Labute approximate surface area is 168 Å². The smallest absolute Gasteiger partial charge is 0.283 e. The van der Waals surface area contributed by atoms with Gasteiger partial charge < -0.3 is 20.5 Å². The fraction of sp³-hybridized carbons (Fsp3) is 0.600. The van der Waals surface area contributed by atoms with Gasteiger partial charge in [-0.1, -0.05) is 36.7 Å². The topological polar surface area (TPSA) is 85.9 Å². The second kappa shape index (κ2) is 6.40. The molecule has 1 amide bonds. The molecule has 4 rings (SSSR count). The first-order valence-corrected chi connectivity index (χ1v) is 10.2. The lowest BCUT2D eigenvalue weighted by Crippen LogP contribution is -2.55. The van der Waals surface area contributed by atoms with Crippen molar-refractivity contribution < 1.29 is 14.3 Å². The second-order valence-electron chi connectivity index (χ2n) is 8.80. The summed E-state index contributed by atoms with van der Waals surface area (Å²) in [4.78, 5) is 17.2. The SMILES string of the molecule is CC(C)(C)C(=O)NC1CCC2Oc3ccc(Br)cc3[C@@]3(COC(N)=N3)C2C1. The Morgan fingerprint density at radius 2 is 2.15 bits per heavy atom. The third-order valence-corrected chi connectivity index (χ3v) is 6.35. The van der Waals surface area contributed by atoms with Crippen LogP contribution in [0.5, 0.6) is 5.75 Å². The molecule has 3 unspecified atom stereocenters. The van der Waals surface area contributed by atoms with Gasteiger partial charge in [0.25, 0.3) is 6.02 Å². The monoisotopic (exact) mass is 435 g/mol. The summed E-state index contributed by atoms with van der Waals surface area (Å²) in [5.74, 6) is 1.02. The fourth-order valence-corrected chi connectivity index (χ4v) is 4.76. The molecule has 27 heavy (non-hydrogen) atoms. The average molecular weight is 436 g/mol. The number of nitrogens with zero attached hydrogens (tertiary/aromatic N) is 1. The van der Waals surface area contributed by atoms with E-state index in [-0.39, 0.29) is 30.0 Å². The highest BCUT2D eigenvalue weighted by Gasteiger charge is 2.55. The van der Waals surface area contributed by atoms with Crippen LogP contribution in [-0.4, -0.2) is 30.7 Å². The maximum Gasteiger partial charge on any atom is 0.283 e. The number of carbonyl (C=O) groups is 1. The molecule has 4 atom stereocenters. The van der Waals surface area contributed by atoms with Gasteiger partial charge in [0, 0.05) is 27.4 Å². The van der Waals surface area contributed by atoms with Gasteiger partial charge in [-0.25, -0.2) is 4.99 Å². The molecule has 2 heterocycles. The first kappa shape index (κ1) is 18.6. The van der Waals surface area contributed by atoms with Crippen LogP contribution in [0.1, 0.15) is 45.6 Å². The Morgan fingerprint density at radius 3 is 2.81 bits per heavy atom. The molecule has 1 spiro atoms. The number of amides is 1. The molecule has 1 fully saturated rings. The van der Waals surface area contributed by atoms with E-state index in [9.17, 15) is 4.79 Å². The van der Waals surface area contributed by atoms with Gasteiger partial charge in [0.05, 0.1) is 0 Å². The molecule has 146 valence electrons. The van der Waals surface area contributed by atoms with Crippen molar-refractivity contribution in [2.45, 2.75) is 57.7 Å². The molecule has 1 aliphatic carbocycles. The average Bonchev–Trinajstić information content (AvgIpc) is 2.98. The van der Waals surface area contributed by atoms with Gasteiger partial charge in [-0.2, -0.15) is 0 Å². The predicted octanol–water partition coefficient (Wildman–Crippen LogP) is 3.08. The number of ether oxygens (including phenoxy) is 2. The van der Waals surface area contributed by atoms with Crippen LogP contribution >= 0.6 is 15.9 Å². The minimum Gasteiger partial charge on any atom is -0.490 e. The molecule has 0 saturated heterocycles. The molecule has 3 N–H and O–H groups in total. The Kier molecular flexibility index (Phi) is 4.41. The Hall–Kier alpha value is -1.76. The van der Waals surface area contributed by atoms with E-state index in [1.54, 1.807) is 0 Å². The van der Waals surface area contributed by atoms with Gasteiger partial charge in [-0.3, -0.25) is 4.79 Å². The van der Waals surface area contributed by atoms with Gasteiger partial charge in [0.15, 0.2) is 0 Å². The second-order valence-corrected chi connectivity index (χ2v) is 9.72.